The van der Waals surface area contributed by atoms with Crippen LogP contribution in [0.4, 0.5) is 5.69 Å². The standard InChI is InChI=1S/C27H27N3O7/c1-4-35-21-11-7-19(8-12-21)27(33)37-23-15-6-18(16-24(23)34-3)17-28-30-26(32)25(31)29-20-9-13-22(14-10-20)36-5-2/h6-17H,4-5H2,1-3H3,(H,29,31)(H,30,32)/b28-17-. The number of ether oxygens (including phenoxy) is 4. The second-order valence-electron chi connectivity index (χ2n) is 7.37. The minimum absolute atomic E-state index is 0.206. The van der Waals surface area contributed by atoms with Gasteiger partial charge in [-0.2, -0.15) is 5.10 Å². The molecule has 2 N–H and O–H groups in total. The molecule has 0 bridgehead atoms. The van der Waals surface area contributed by atoms with Crippen LogP contribution in [-0.4, -0.2) is 44.3 Å². The van der Waals surface area contributed by atoms with Crippen molar-refractivity contribution in [2.24, 2.45) is 5.10 Å². The highest BCUT2D eigenvalue weighted by atomic mass is 16.6. The van der Waals surface area contributed by atoms with E-state index in [2.05, 4.69) is 15.8 Å². The Kier molecular flexibility index (Phi) is 9.60. The summed E-state index contributed by atoms with van der Waals surface area (Å²) in [6.45, 7) is 4.79. The number of hydrogen-bond acceptors (Lipinski definition) is 8. The molecule has 0 aromatic heterocycles. The zero-order chi connectivity index (χ0) is 26.6. The lowest BCUT2D eigenvalue weighted by molar-refractivity contribution is -0.136. The highest BCUT2D eigenvalue weighted by molar-refractivity contribution is 6.39. The average molecular weight is 506 g/mol. The van der Waals surface area contributed by atoms with Crippen molar-refractivity contribution in [2.45, 2.75) is 13.8 Å². The summed E-state index contributed by atoms with van der Waals surface area (Å²) >= 11 is 0. The molecule has 0 heterocycles. The van der Waals surface area contributed by atoms with Gasteiger partial charge in [0.05, 0.1) is 32.1 Å². The van der Waals surface area contributed by atoms with Crippen molar-refractivity contribution in [1.29, 1.82) is 0 Å². The first-order valence-electron chi connectivity index (χ1n) is 11.4. The molecule has 0 saturated carbocycles. The molecule has 0 aliphatic carbocycles. The van der Waals surface area contributed by atoms with Crippen molar-refractivity contribution in [1.82, 2.24) is 5.43 Å². The first kappa shape index (κ1) is 26.7. The Hall–Kier alpha value is -4.86. The zero-order valence-corrected chi connectivity index (χ0v) is 20.6. The van der Waals surface area contributed by atoms with Crippen molar-refractivity contribution in [3.8, 4) is 23.0 Å². The topological polar surface area (TPSA) is 125 Å². The van der Waals surface area contributed by atoms with Gasteiger partial charge in [-0.3, -0.25) is 9.59 Å². The van der Waals surface area contributed by atoms with Crippen molar-refractivity contribution < 1.29 is 33.3 Å². The first-order chi connectivity index (χ1) is 17.9. The lowest BCUT2D eigenvalue weighted by atomic mass is 10.2. The lowest BCUT2D eigenvalue weighted by Crippen LogP contribution is -2.32. The van der Waals surface area contributed by atoms with Gasteiger partial charge in [-0.05, 0) is 86.1 Å². The molecule has 0 fully saturated rings. The third-order valence-electron chi connectivity index (χ3n) is 4.80. The molecule has 0 unspecified atom stereocenters. The van der Waals surface area contributed by atoms with Crippen molar-refractivity contribution in [2.75, 3.05) is 25.6 Å². The van der Waals surface area contributed by atoms with E-state index in [0.29, 0.717) is 41.5 Å². The van der Waals surface area contributed by atoms with E-state index >= 15 is 0 Å². The molecule has 10 heteroatoms. The average Bonchev–Trinajstić information content (AvgIpc) is 2.91. The molecular formula is C27H27N3O7. The normalized spacial score (nSPS) is 10.5. The van der Waals surface area contributed by atoms with E-state index in [9.17, 15) is 14.4 Å². The minimum atomic E-state index is -0.946. The SMILES string of the molecule is CCOc1ccc(NC(=O)C(=O)N/N=C\c2ccc(OC(=O)c3ccc(OCC)cc3)c(OC)c2)cc1. The van der Waals surface area contributed by atoms with E-state index in [4.69, 9.17) is 18.9 Å². The summed E-state index contributed by atoms with van der Waals surface area (Å²) in [6.07, 6.45) is 1.32. The van der Waals surface area contributed by atoms with E-state index < -0.39 is 17.8 Å². The molecule has 0 spiro atoms. The summed E-state index contributed by atoms with van der Waals surface area (Å²) in [5.74, 6) is -0.593. The van der Waals surface area contributed by atoms with Crippen LogP contribution in [0.15, 0.2) is 71.8 Å². The number of esters is 1. The third kappa shape index (κ3) is 7.82. The number of benzene rings is 3. The van der Waals surface area contributed by atoms with Gasteiger partial charge in [0.1, 0.15) is 11.5 Å². The fourth-order valence-electron chi connectivity index (χ4n) is 3.07. The second-order valence-corrected chi connectivity index (χ2v) is 7.37. The maximum absolute atomic E-state index is 12.5. The Morgan fingerprint density at radius 3 is 2.03 bits per heavy atom. The van der Waals surface area contributed by atoms with Crippen molar-refractivity contribution >= 4 is 29.7 Å². The van der Waals surface area contributed by atoms with Crippen molar-refractivity contribution in [3.05, 3.63) is 77.9 Å². The lowest BCUT2D eigenvalue weighted by Gasteiger charge is -2.10. The van der Waals surface area contributed by atoms with Gasteiger partial charge in [0.2, 0.25) is 0 Å². The minimum Gasteiger partial charge on any atom is -0.494 e. The van der Waals surface area contributed by atoms with Crippen LogP contribution in [0.25, 0.3) is 0 Å². The van der Waals surface area contributed by atoms with Gasteiger partial charge in [-0.1, -0.05) is 0 Å². The zero-order valence-electron chi connectivity index (χ0n) is 20.6. The van der Waals surface area contributed by atoms with Crippen LogP contribution in [0.1, 0.15) is 29.8 Å². The number of nitrogens with zero attached hydrogens (tertiary/aromatic N) is 1. The number of anilines is 1. The van der Waals surface area contributed by atoms with Gasteiger partial charge < -0.3 is 24.3 Å². The van der Waals surface area contributed by atoms with Gasteiger partial charge in [0.15, 0.2) is 11.5 Å². The fourth-order valence-corrected chi connectivity index (χ4v) is 3.07. The summed E-state index contributed by atoms with van der Waals surface area (Å²) in [5, 5.41) is 6.27. The summed E-state index contributed by atoms with van der Waals surface area (Å²) in [5.41, 5.74) is 3.48. The van der Waals surface area contributed by atoms with Gasteiger partial charge in [0.25, 0.3) is 0 Å². The molecule has 0 saturated heterocycles. The number of hydrazone groups is 1. The molecule has 37 heavy (non-hydrogen) atoms. The van der Waals surface area contributed by atoms with E-state index in [0.717, 1.165) is 0 Å². The fraction of sp³-hybridized carbons (Fsp3) is 0.185. The van der Waals surface area contributed by atoms with E-state index in [1.54, 1.807) is 60.7 Å². The molecule has 3 rings (SSSR count). The Labute approximate surface area is 214 Å². The number of carbonyl (C=O) groups excluding carboxylic acids is 3. The number of nitrogens with one attached hydrogen (secondary N) is 2. The predicted octanol–water partition coefficient (Wildman–Crippen LogP) is 3.80. The summed E-state index contributed by atoms with van der Waals surface area (Å²) in [6, 6.07) is 17.9. The number of rotatable bonds is 10. The van der Waals surface area contributed by atoms with Gasteiger partial charge >= 0.3 is 17.8 Å². The molecule has 10 nitrogen and oxygen atoms in total. The number of carbonyl (C=O) groups is 3. The smallest absolute Gasteiger partial charge is 0.343 e. The highest BCUT2D eigenvalue weighted by Gasteiger charge is 2.14. The molecule has 192 valence electrons. The van der Waals surface area contributed by atoms with Crippen LogP contribution in [0.2, 0.25) is 0 Å². The van der Waals surface area contributed by atoms with Crippen LogP contribution in [-0.2, 0) is 9.59 Å². The highest BCUT2D eigenvalue weighted by Crippen LogP contribution is 2.28. The number of amides is 2. The quantitative estimate of drug-likeness (QED) is 0.141. The van der Waals surface area contributed by atoms with E-state index in [1.807, 2.05) is 13.8 Å². The van der Waals surface area contributed by atoms with Crippen molar-refractivity contribution in [3.63, 3.8) is 0 Å². The second kappa shape index (κ2) is 13.3. The Balaban J connectivity index is 1.56. The molecule has 3 aromatic rings. The van der Waals surface area contributed by atoms with Gasteiger partial charge in [-0.15, -0.1) is 0 Å². The van der Waals surface area contributed by atoms with E-state index in [-0.39, 0.29) is 11.5 Å². The number of hydrogen-bond donors (Lipinski definition) is 2. The maximum atomic E-state index is 12.5. The molecule has 0 radical (unpaired) electrons. The number of methoxy groups -OCH3 is 1. The van der Waals surface area contributed by atoms with Crippen LogP contribution >= 0.6 is 0 Å². The molecule has 0 aliphatic rings. The molecule has 2 amide bonds. The largest absolute Gasteiger partial charge is 0.494 e. The third-order valence-corrected chi connectivity index (χ3v) is 4.80. The summed E-state index contributed by atoms with van der Waals surface area (Å²) in [4.78, 5) is 36.6. The van der Waals surface area contributed by atoms with Gasteiger partial charge in [-0.25, -0.2) is 10.2 Å². The molecule has 0 aliphatic heterocycles. The maximum Gasteiger partial charge on any atom is 0.343 e. The monoisotopic (exact) mass is 505 g/mol. The van der Waals surface area contributed by atoms with E-state index in [1.165, 1.54) is 19.4 Å². The molecular weight excluding hydrogens is 478 g/mol. The Bertz CT molecular complexity index is 1260. The molecule has 3 aromatic carbocycles. The van der Waals surface area contributed by atoms with Crippen LogP contribution in [0.5, 0.6) is 23.0 Å². The first-order valence-corrected chi connectivity index (χ1v) is 11.4. The van der Waals surface area contributed by atoms with Crippen LogP contribution in [0.3, 0.4) is 0 Å². The summed E-state index contributed by atoms with van der Waals surface area (Å²) < 4.78 is 21.5. The van der Waals surface area contributed by atoms with Crippen LogP contribution < -0.4 is 29.7 Å². The summed E-state index contributed by atoms with van der Waals surface area (Å²) in [7, 11) is 1.43. The predicted molar refractivity (Wildman–Crippen MR) is 138 cm³/mol. The Morgan fingerprint density at radius 1 is 0.811 bits per heavy atom. The van der Waals surface area contributed by atoms with Gasteiger partial charge in [0, 0.05) is 5.69 Å². The Morgan fingerprint density at radius 2 is 1.43 bits per heavy atom. The molecule has 0 atom stereocenters. The van der Waals surface area contributed by atoms with Crippen LogP contribution in [0, 0.1) is 0 Å².